The Kier molecular flexibility index (Phi) is 4.09. The lowest BCUT2D eigenvalue weighted by Crippen LogP contribution is -2.39. The zero-order valence-corrected chi connectivity index (χ0v) is 11.8. The van der Waals surface area contributed by atoms with Gasteiger partial charge in [-0.15, -0.1) is 0 Å². The van der Waals surface area contributed by atoms with Crippen molar-refractivity contribution in [3.63, 3.8) is 0 Å². The molecule has 1 amide bonds. The summed E-state index contributed by atoms with van der Waals surface area (Å²) in [6, 6.07) is 6.96. The fraction of sp³-hybridized carbons (Fsp3) is 0.467. The number of rotatable bonds is 4. The van der Waals surface area contributed by atoms with Gasteiger partial charge in [-0.05, 0) is 37.6 Å². The minimum Gasteiger partial charge on any atom is -0.478 e. The van der Waals surface area contributed by atoms with Gasteiger partial charge in [0.1, 0.15) is 0 Å². The molecular weight excluding hydrogens is 256 g/mol. The van der Waals surface area contributed by atoms with E-state index in [2.05, 4.69) is 10.2 Å². The summed E-state index contributed by atoms with van der Waals surface area (Å²) in [5.74, 6) is -0.845. The van der Waals surface area contributed by atoms with Gasteiger partial charge in [-0.3, -0.25) is 9.69 Å². The number of benzene rings is 1. The SMILES string of the molecule is CNC(=O)C1(C)CCN(Cc2cccc(C(=O)O)c2)C1. The number of carboxylic acids is 1. The van der Waals surface area contributed by atoms with Gasteiger partial charge in [0.15, 0.2) is 0 Å². The van der Waals surface area contributed by atoms with Crippen LogP contribution in [-0.2, 0) is 11.3 Å². The third-order valence-electron chi connectivity index (χ3n) is 3.91. The summed E-state index contributed by atoms with van der Waals surface area (Å²) in [4.78, 5) is 25.0. The summed E-state index contributed by atoms with van der Waals surface area (Å²) >= 11 is 0. The second-order valence-corrected chi connectivity index (χ2v) is 5.61. The molecule has 1 aliphatic heterocycles. The number of nitrogens with one attached hydrogen (secondary N) is 1. The first-order valence-corrected chi connectivity index (χ1v) is 6.71. The van der Waals surface area contributed by atoms with E-state index in [0.717, 1.165) is 18.5 Å². The van der Waals surface area contributed by atoms with Gasteiger partial charge in [0.05, 0.1) is 11.0 Å². The first-order chi connectivity index (χ1) is 9.44. The molecule has 20 heavy (non-hydrogen) atoms. The molecule has 1 aromatic carbocycles. The van der Waals surface area contributed by atoms with Crippen molar-refractivity contribution >= 4 is 11.9 Å². The van der Waals surface area contributed by atoms with Crippen LogP contribution in [0.25, 0.3) is 0 Å². The largest absolute Gasteiger partial charge is 0.478 e. The first-order valence-electron chi connectivity index (χ1n) is 6.71. The zero-order valence-electron chi connectivity index (χ0n) is 11.8. The van der Waals surface area contributed by atoms with E-state index < -0.39 is 5.97 Å². The molecule has 2 rings (SSSR count). The molecule has 5 heteroatoms. The highest BCUT2D eigenvalue weighted by Gasteiger charge is 2.39. The molecule has 0 saturated carbocycles. The quantitative estimate of drug-likeness (QED) is 0.870. The molecule has 0 aliphatic carbocycles. The zero-order chi connectivity index (χ0) is 14.8. The highest BCUT2D eigenvalue weighted by molar-refractivity contribution is 5.87. The predicted octanol–water partition coefficient (Wildman–Crippen LogP) is 1.34. The average molecular weight is 276 g/mol. The highest BCUT2D eigenvalue weighted by Crippen LogP contribution is 2.31. The van der Waals surface area contributed by atoms with E-state index in [9.17, 15) is 9.59 Å². The Morgan fingerprint density at radius 2 is 2.20 bits per heavy atom. The summed E-state index contributed by atoms with van der Waals surface area (Å²) in [5.41, 5.74) is 0.918. The van der Waals surface area contributed by atoms with Crippen molar-refractivity contribution in [3.8, 4) is 0 Å². The number of nitrogens with zero attached hydrogens (tertiary/aromatic N) is 1. The number of amides is 1. The summed E-state index contributed by atoms with van der Waals surface area (Å²) in [7, 11) is 1.66. The van der Waals surface area contributed by atoms with Crippen LogP contribution in [0.2, 0.25) is 0 Å². The van der Waals surface area contributed by atoms with E-state index >= 15 is 0 Å². The van der Waals surface area contributed by atoms with Gasteiger partial charge in [-0.1, -0.05) is 12.1 Å². The van der Waals surface area contributed by atoms with E-state index in [0.29, 0.717) is 18.7 Å². The molecule has 1 saturated heterocycles. The van der Waals surface area contributed by atoms with Crippen LogP contribution >= 0.6 is 0 Å². The molecule has 0 aromatic heterocycles. The number of aromatic carboxylic acids is 1. The Balaban J connectivity index is 2.04. The normalized spacial score (nSPS) is 22.7. The number of carbonyl (C=O) groups is 2. The molecule has 2 N–H and O–H groups in total. The fourth-order valence-corrected chi connectivity index (χ4v) is 2.74. The van der Waals surface area contributed by atoms with E-state index in [1.54, 1.807) is 25.2 Å². The Morgan fingerprint density at radius 3 is 2.85 bits per heavy atom. The van der Waals surface area contributed by atoms with Crippen molar-refractivity contribution in [3.05, 3.63) is 35.4 Å². The topological polar surface area (TPSA) is 69.6 Å². The first kappa shape index (κ1) is 14.5. The number of hydrogen-bond acceptors (Lipinski definition) is 3. The highest BCUT2D eigenvalue weighted by atomic mass is 16.4. The molecule has 1 aliphatic rings. The van der Waals surface area contributed by atoms with Gasteiger partial charge in [0, 0.05) is 20.1 Å². The van der Waals surface area contributed by atoms with Crippen LogP contribution in [0.5, 0.6) is 0 Å². The molecule has 0 radical (unpaired) electrons. The molecule has 5 nitrogen and oxygen atoms in total. The molecule has 1 atom stereocenters. The number of likely N-dealkylation sites (tertiary alicyclic amines) is 1. The maximum atomic E-state index is 11.9. The van der Waals surface area contributed by atoms with Crippen LogP contribution < -0.4 is 5.32 Å². The molecule has 108 valence electrons. The Hall–Kier alpha value is -1.88. The molecular formula is C15H20N2O3. The van der Waals surface area contributed by atoms with Crippen LogP contribution in [0.15, 0.2) is 24.3 Å². The van der Waals surface area contributed by atoms with E-state index in [-0.39, 0.29) is 11.3 Å². The number of carbonyl (C=O) groups excluding carboxylic acids is 1. The maximum absolute atomic E-state index is 11.9. The van der Waals surface area contributed by atoms with Crippen LogP contribution in [0.3, 0.4) is 0 Å². The number of hydrogen-bond donors (Lipinski definition) is 2. The monoisotopic (exact) mass is 276 g/mol. The fourth-order valence-electron chi connectivity index (χ4n) is 2.74. The summed E-state index contributed by atoms with van der Waals surface area (Å²) < 4.78 is 0. The lowest BCUT2D eigenvalue weighted by Gasteiger charge is -2.22. The Morgan fingerprint density at radius 1 is 1.45 bits per heavy atom. The molecule has 0 bridgehead atoms. The van der Waals surface area contributed by atoms with Crippen molar-refractivity contribution in [1.82, 2.24) is 10.2 Å². The lowest BCUT2D eigenvalue weighted by atomic mass is 9.89. The molecule has 1 aromatic rings. The van der Waals surface area contributed by atoms with Gasteiger partial charge in [-0.2, -0.15) is 0 Å². The molecule has 1 fully saturated rings. The Bertz CT molecular complexity index is 530. The summed E-state index contributed by atoms with van der Waals surface area (Å²) in [6.07, 6.45) is 0.825. The second kappa shape index (κ2) is 5.63. The minimum atomic E-state index is -0.913. The van der Waals surface area contributed by atoms with Crippen molar-refractivity contribution in [1.29, 1.82) is 0 Å². The summed E-state index contributed by atoms with van der Waals surface area (Å²) in [6.45, 7) is 4.19. The van der Waals surface area contributed by atoms with Crippen LogP contribution in [-0.4, -0.2) is 42.0 Å². The minimum absolute atomic E-state index is 0.0688. The molecule has 1 heterocycles. The van der Waals surface area contributed by atoms with Gasteiger partial charge >= 0.3 is 5.97 Å². The Labute approximate surface area is 118 Å². The molecule has 0 spiro atoms. The smallest absolute Gasteiger partial charge is 0.335 e. The lowest BCUT2D eigenvalue weighted by molar-refractivity contribution is -0.129. The number of carboxylic acid groups (broad SMARTS) is 1. The van der Waals surface area contributed by atoms with Crippen molar-refractivity contribution in [2.45, 2.75) is 19.9 Å². The van der Waals surface area contributed by atoms with Crippen LogP contribution in [0, 0.1) is 5.41 Å². The third-order valence-corrected chi connectivity index (χ3v) is 3.91. The van der Waals surface area contributed by atoms with Gasteiger partial charge in [0.2, 0.25) is 5.91 Å². The van der Waals surface area contributed by atoms with Crippen LogP contribution in [0.4, 0.5) is 0 Å². The second-order valence-electron chi connectivity index (χ2n) is 5.61. The van der Waals surface area contributed by atoms with Crippen molar-refractivity contribution in [2.24, 2.45) is 5.41 Å². The maximum Gasteiger partial charge on any atom is 0.335 e. The van der Waals surface area contributed by atoms with Crippen molar-refractivity contribution in [2.75, 3.05) is 20.1 Å². The predicted molar refractivity (Wildman–Crippen MR) is 75.5 cm³/mol. The average Bonchev–Trinajstić information content (AvgIpc) is 2.80. The van der Waals surface area contributed by atoms with E-state index in [1.165, 1.54) is 0 Å². The van der Waals surface area contributed by atoms with E-state index in [1.807, 2.05) is 13.0 Å². The summed E-state index contributed by atoms with van der Waals surface area (Å²) in [5, 5.41) is 11.7. The van der Waals surface area contributed by atoms with Crippen LogP contribution in [0.1, 0.15) is 29.3 Å². The van der Waals surface area contributed by atoms with Gasteiger partial charge in [0.25, 0.3) is 0 Å². The van der Waals surface area contributed by atoms with Gasteiger partial charge in [-0.25, -0.2) is 4.79 Å². The third kappa shape index (κ3) is 2.99. The standard InChI is InChI=1S/C15H20N2O3/c1-15(14(20)16-2)6-7-17(10-15)9-11-4-3-5-12(8-11)13(18)19/h3-5,8H,6-7,9-10H2,1-2H3,(H,16,20)(H,18,19). The molecule has 1 unspecified atom stereocenters. The van der Waals surface area contributed by atoms with Gasteiger partial charge < -0.3 is 10.4 Å². The van der Waals surface area contributed by atoms with E-state index in [4.69, 9.17) is 5.11 Å². The van der Waals surface area contributed by atoms with Crippen molar-refractivity contribution < 1.29 is 14.7 Å².